The van der Waals surface area contributed by atoms with Gasteiger partial charge in [0.05, 0.1) is 0 Å². The van der Waals surface area contributed by atoms with E-state index in [4.69, 9.17) is 0 Å². The van der Waals surface area contributed by atoms with Crippen molar-refractivity contribution in [3.05, 3.63) is 29.3 Å². The number of hydrogen-bond acceptors (Lipinski definition) is 2. The Bertz CT molecular complexity index is 595. The molecule has 0 bridgehead atoms. The van der Waals surface area contributed by atoms with E-state index < -0.39 is 0 Å². The molecule has 21 heavy (non-hydrogen) atoms. The molecule has 0 saturated heterocycles. The summed E-state index contributed by atoms with van der Waals surface area (Å²) in [7, 11) is 0. The fraction of sp³-hybridized carbons (Fsp3) is 0.556. The zero-order chi connectivity index (χ0) is 14.4. The minimum absolute atomic E-state index is 0.0843. The quantitative estimate of drug-likeness (QED) is 0.843. The molecule has 0 radical (unpaired) electrons. The molecule has 1 aromatic carbocycles. The van der Waals surface area contributed by atoms with Gasteiger partial charge in [0.1, 0.15) is 0 Å². The number of rotatable bonds is 2. The van der Waals surface area contributed by atoms with Crippen LogP contribution in [0, 0.1) is 17.8 Å². The SMILES string of the molecule is O=C1CCCc2cc(C(=O)C3C4CCCCC43)ccc2N1. The maximum Gasteiger partial charge on any atom is 0.224 e. The highest BCUT2D eigenvalue weighted by Crippen LogP contribution is 2.56. The molecule has 2 atom stereocenters. The highest BCUT2D eigenvalue weighted by Gasteiger charge is 2.54. The molecule has 2 aliphatic carbocycles. The van der Waals surface area contributed by atoms with Gasteiger partial charge in [-0.3, -0.25) is 9.59 Å². The van der Waals surface area contributed by atoms with Gasteiger partial charge in [-0.2, -0.15) is 0 Å². The summed E-state index contributed by atoms with van der Waals surface area (Å²) in [6, 6.07) is 5.84. The van der Waals surface area contributed by atoms with Gasteiger partial charge in [0.15, 0.2) is 5.78 Å². The van der Waals surface area contributed by atoms with Crippen molar-refractivity contribution in [1.82, 2.24) is 0 Å². The summed E-state index contributed by atoms with van der Waals surface area (Å²) in [5, 5.41) is 2.93. The Labute approximate surface area is 125 Å². The van der Waals surface area contributed by atoms with Gasteiger partial charge in [0.25, 0.3) is 0 Å². The molecule has 4 rings (SSSR count). The number of ketones is 1. The molecule has 0 spiro atoms. The van der Waals surface area contributed by atoms with E-state index in [0.29, 0.717) is 24.0 Å². The average molecular weight is 283 g/mol. The van der Waals surface area contributed by atoms with E-state index in [1.54, 1.807) is 0 Å². The third kappa shape index (κ3) is 2.29. The van der Waals surface area contributed by atoms with Crippen molar-refractivity contribution in [1.29, 1.82) is 0 Å². The summed E-state index contributed by atoms with van der Waals surface area (Å²) in [6.45, 7) is 0. The van der Waals surface area contributed by atoms with E-state index in [-0.39, 0.29) is 11.8 Å². The van der Waals surface area contributed by atoms with Crippen LogP contribution in [0.4, 0.5) is 5.69 Å². The Morgan fingerprint density at radius 1 is 1.05 bits per heavy atom. The van der Waals surface area contributed by atoms with Gasteiger partial charge >= 0.3 is 0 Å². The van der Waals surface area contributed by atoms with Crippen LogP contribution in [0.3, 0.4) is 0 Å². The number of anilines is 1. The molecule has 1 N–H and O–H groups in total. The van der Waals surface area contributed by atoms with Crippen LogP contribution in [0.15, 0.2) is 18.2 Å². The fourth-order valence-corrected chi connectivity index (χ4v) is 4.30. The van der Waals surface area contributed by atoms with Crippen molar-refractivity contribution in [2.75, 3.05) is 5.32 Å². The molecule has 2 unspecified atom stereocenters. The molecular weight excluding hydrogens is 262 g/mol. The first-order valence-electron chi connectivity index (χ1n) is 8.21. The summed E-state index contributed by atoms with van der Waals surface area (Å²) >= 11 is 0. The molecule has 110 valence electrons. The number of carbonyl (C=O) groups excluding carboxylic acids is 2. The number of nitrogens with one attached hydrogen (secondary N) is 1. The van der Waals surface area contributed by atoms with Gasteiger partial charge in [-0.25, -0.2) is 0 Å². The maximum absolute atomic E-state index is 12.7. The first kappa shape index (κ1) is 13.1. The first-order valence-corrected chi connectivity index (χ1v) is 8.21. The normalized spacial score (nSPS) is 30.7. The summed E-state index contributed by atoms with van der Waals surface area (Å²) in [4.78, 5) is 24.3. The lowest BCUT2D eigenvalue weighted by Crippen LogP contribution is -2.10. The van der Waals surface area contributed by atoms with E-state index in [2.05, 4.69) is 5.32 Å². The Morgan fingerprint density at radius 2 is 1.81 bits per heavy atom. The topological polar surface area (TPSA) is 46.2 Å². The molecular formula is C18H21NO2. The molecule has 0 aromatic heterocycles. The molecule has 1 heterocycles. The molecule has 1 aliphatic heterocycles. The summed E-state index contributed by atoms with van der Waals surface area (Å²) < 4.78 is 0. The summed E-state index contributed by atoms with van der Waals surface area (Å²) in [5.41, 5.74) is 2.86. The van der Waals surface area contributed by atoms with Crippen molar-refractivity contribution >= 4 is 17.4 Å². The zero-order valence-corrected chi connectivity index (χ0v) is 12.2. The minimum Gasteiger partial charge on any atom is -0.326 e. The van der Waals surface area contributed by atoms with Gasteiger partial charge in [-0.15, -0.1) is 0 Å². The molecule has 1 aromatic rings. The largest absolute Gasteiger partial charge is 0.326 e. The first-order chi connectivity index (χ1) is 10.2. The maximum atomic E-state index is 12.7. The third-order valence-electron chi connectivity index (χ3n) is 5.47. The van der Waals surface area contributed by atoms with Gasteiger partial charge in [0.2, 0.25) is 5.91 Å². The highest BCUT2D eigenvalue weighted by atomic mass is 16.1. The molecule has 2 fully saturated rings. The predicted octanol–water partition coefficient (Wildman–Crippen LogP) is 3.58. The number of hydrogen-bond donors (Lipinski definition) is 1. The van der Waals surface area contributed by atoms with Crippen LogP contribution in [0.1, 0.15) is 54.4 Å². The number of carbonyl (C=O) groups is 2. The Hall–Kier alpha value is -1.64. The van der Waals surface area contributed by atoms with Crippen LogP contribution < -0.4 is 5.32 Å². The summed E-state index contributed by atoms with van der Waals surface area (Å²) in [6.07, 6.45) is 7.38. The highest BCUT2D eigenvalue weighted by molar-refractivity contribution is 6.01. The second kappa shape index (κ2) is 4.97. The van der Waals surface area contributed by atoms with Gasteiger partial charge in [-0.1, -0.05) is 12.8 Å². The van der Waals surface area contributed by atoms with Crippen LogP contribution in [0.2, 0.25) is 0 Å². The van der Waals surface area contributed by atoms with Crippen LogP contribution in [-0.4, -0.2) is 11.7 Å². The molecule has 1 amide bonds. The van der Waals surface area contributed by atoms with Crippen molar-refractivity contribution in [3.8, 4) is 0 Å². The average Bonchev–Trinajstić information content (AvgIpc) is 3.24. The van der Waals surface area contributed by atoms with Crippen LogP contribution >= 0.6 is 0 Å². The Kier molecular flexibility index (Phi) is 3.09. The predicted molar refractivity (Wildman–Crippen MR) is 81.3 cm³/mol. The third-order valence-corrected chi connectivity index (χ3v) is 5.47. The van der Waals surface area contributed by atoms with Gasteiger partial charge < -0.3 is 5.32 Å². The van der Waals surface area contributed by atoms with Crippen molar-refractivity contribution in [2.24, 2.45) is 17.8 Å². The molecule has 2 saturated carbocycles. The lowest BCUT2D eigenvalue weighted by molar-refractivity contribution is -0.116. The van der Waals surface area contributed by atoms with Crippen molar-refractivity contribution in [2.45, 2.75) is 44.9 Å². The van der Waals surface area contributed by atoms with Crippen molar-refractivity contribution in [3.63, 3.8) is 0 Å². The number of aryl methyl sites for hydroxylation is 1. The Morgan fingerprint density at radius 3 is 2.57 bits per heavy atom. The van der Waals surface area contributed by atoms with Crippen LogP contribution in [0.5, 0.6) is 0 Å². The van der Waals surface area contributed by atoms with E-state index in [0.717, 1.165) is 29.7 Å². The second-order valence-corrected chi connectivity index (χ2v) is 6.78. The van der Waals surface area contributed by atoms with E-state index >= 15 is 0 Å². The lowest BCUT2D eigenvalue weighted by atomic mass is 9.99. The molecule has 3 heteroatoms. The van der Waals surface area contributed by atoms with E-state index in [1.165, 1.54) is 25.7 Å². The van der Waals surface area contributed by atoms with Gasteiger partial charge in [0, 0.05) is 23.6 Å². The standard InChI is InChI=1S/C18H21NO2/c20-16-7-3-4-11-10-12(8-9-15(11)19-16)18(21)17-13-5-1-2-6-14(13)17/h8-10,13-14,17H,1-7H2,(H,19,20). The fourth-order valence-electron chi connectivity index (χ4n) is 4.30. The number of Topliss-reactive ketones (excluding diaryl/α,β-unsaturated/α-hetero) is 1. The van der Waals surface area contributed by atoms with Crippen LogP contribution in [0.25, 0.3) is 0 Å². The number of amides is 1. The van der Waals surface area contributed by atoms with Gasteiger partial charge in [-0.05, 0) is 61.3 Å². The molecule has 3 nitrogen and oxygen atoms in total. The minimum atomic E-state index is 0.0843. The Balaban J connectivity index is 1.57. The van der Waals surface area contributed by atoms with E-state index in [9.17, 15) is 9.59 Å². The second-order valence-electron chi connectivity index (χ2n) is 6.78. The smallest absolute Gasteiger partial charge is 0.224 e. The zero-order valence-electron chi connectivity index (χ0n) is 12.2. The number of fused-ring (bicyclic) bond motifs is 2. The van der Waals surface area contributed by atoms with Crippen molar-refractivity contribution < 1.29 is 9.59 Å². The number of benzene rings is 1. The summed E-state index contributed by atoms with van der Waals surface area (Å²) in [5.74, 6) is 2.02. The van der Waals surface area contributed by atoms with Crippen LogP contribution in [-0.2, 0) is 11.2 Å². The van der Waals surface area contributed by atoms with E-state index in [1.807, 2.05) is 18.2 Å². The lowest BCUT2D eigenvalue weighted by Gasteiger charge is -2.09. The monoisotopic (exact) mass is 283 g/mol. The molecule has 3 aliphatic rings.